The highest BCUT2D eigenvalue weighted by molar-refractivity contribution is 5.17. The molecular weight excluding hydrogens is 260 g/mol. The Labute approximate surface area is 127 Å². The second kappa shape index (κ2) is 7.91. The molecule has 1 aromatic carbocycles. The van der Waals surface area contributed by atoms with E-state index in [1.807, 2.05) is 36.4 Å². The zero-order chi connectivity index (χ0) is 15.1. The van der Waals surface area contributed by atoms with Crippen LogP contribution in [0, 0.1) is 0 Å². The minimum atomic E-state index is 0.0745. The molecule has 1 atom stereocenters. The molecule has 3 heteroatoms. The van der Waals surface area contributed by atoms with Crippen LogP contribution in [0.25, 0.3) is 0 Å². The van der Waals surface area contributed by atoms with Crippen molar-refractivity contribution >= 4 is 0 Å². The fraction of sp³-hybridized carbons (Fsp3) is 0.389. The van der Waals surface area contributed by atoms with Gasteiger partial charge in [-0.25, -0.2) is 0 Å². The summed E-state index contributed by atoms with van der Waals surface area (Å²) >= 11 is 0. The molecule has 1 unspecified atom stereocenters. The molecule has 112 valence electrons. The molecule has 2 rings (SSSR count). The monoisotopic (exact) mass is 284 g/mol. The van der Waals surface area contributed by atoms with Crippen LogP contribution < -0.4 is 5.32 Å². The van der Waals surface area contributed by atoms with Gasteiger partial charge in [0.05, 0.1) is 24.1 Å². The first kappa shape index (κ1) is 15.7. The molecule has 3 nitrogen and oxygen atoms in total. The minimum absolute atomic E-state index is 0.0745. The van der Waals surface area contributed by atoms with Crippen LogP contribution in [-0.2, 0) is 17.9 Å². The van der Waals surface area contributed by atoms with Gasteiger partial charge in [0.1, 0.15) is 0 Å². The molecule has 0 bridgehead atoms. The maximum absolute atomic E-state index is 5.91. The van der Waals surface area contributed by atoms with Crippen molar-refractivity contribution in [2.75, 3.05) is 0 Å². The summed E-state index contributed by atoms with van der Waals surface area (Å²) in [5.74, 6) is 0. The van der Waals surface area contributed by atoms with Crippen molar-refractivity contribution in [3.05, 3.63) is 65.5 Å². The molecule has 1 aromatic heterocycles. The van der Waals surface area contributed by atoms with Gasteiger partial charge in [-0.15, -0.1) is 0 Å². The van der Waals surface area contributed by atoms with Crippen molar-refractivity contribution < 1.29 is 4.74 Å². The van der Waals surface area contributed by atoms with E-state index in [0.717, 1.165) is 17.9 Å². The number of rotatable bonds is 7. The van der Waals surface area contributed by atoms with Crippen LogP contribution in [-0.4, -0.2) is 11.0 Å². The number of nitrogens with zero attached hydrogens (tertiary/aromatic N) is 1. The van der Waals surface area contributed by atoms with Crippen LogP contribution in [0.2, 0.25) is 0 Å². The van der Waals surface area contributed by atoms with Crippen molar-refractivity contribution in [1.29, 1.82) is 0 Å². The van der Waals surface area contributed by atoms with Crippen molar-refractivity contribution in [3.63, 3.8) is 0 Å². The lowest BCUT2D eigenvalue weighted by Gasteiger charge is -2.14. The third-order valence-corrected chi connectivity index (χ3v) is 3.31. The summed E-state index contributed by atoms with van der Waals surface area (Å²) in [5.41, 5.74) is 3.22. The predicted molar refractivity (Wildman–Crippen MR) is 85.9 cm³/mol. The van der Waals surface area contributed by atoms with E-state index < -0.39 is 0 Å². The second-order valence-electron chi connectivity index (χ2n) is 5.52. The second-order valence-corrected chi connectivity index (χ2v) is 5.52. The number of aromatic nitrogens is 1. The maximum Gasteiger partial charge on any atom is 0.0896 e. The Balaban J connectivity index is 1.89. The summed E-state index contributed by atoms with van der Waals surface area (Å²) in [4.78, 5) is 4.62. The summed E-state index contributed by atoms with van der Waals surface area (Å²) in [6.07, 6.45) is 0.0745. The lowest BCUT2D eigenvalue weighted by atomic mass is 10.1. The minimum Gasteiger partial charge on any atom is -0.368 e. The highest BCUT2D eigenvalue weighted by atomic mass is 16.5. The van der Waals surface area contributed by atoms with Gasteiger partial charge in [-0.3, -0.25) is 4.98 Å². The lowest BCUT2D eigenvalue weighted by Crippen LogP contribution is -2.22. The number of hydrogen-bond acceptors (Lipinski definition) is 3. The van der Waals surface area contributed by atoms with Crippen molar-refractivity contribution in [2.24, 2.45) is 0 Å². The van der Waals surface area contributed by atoms with Crippen molar-refractivity contribution in [1.82, 2.24) is 10.3 Å². The zero-order valence-electron chi connectivity index (χ0n) is 13.0. The van der Waals surface area contributed by atoms with E-state index in [-0.39, 0.29) is 6.10 Å². The summed E-state index contributed by atoms with van der Waals surface area (Å²) in [6.45, 7) is 7.66. The number of ether oxygens (including phenoxy) is 1. The Bertz CT molecular complexity index is 540. The van der Waals surface area contributed by atoms with Crippen LogP contribution in [0.15, 0.2) is 48.5 Å². The molecule has 0 aliphatic rings. The molecule has 1 heterocycles. The summed E-state index contributed by atoms with van der Waals surface area (Å²) in [6, 6.07) is 16.8. The van der Waals surface area contributed by atoms with E-state index in [1.165, 1.54) is 5.56 Å². The quantitative estimate of drug-likeness (QED) is 0.838. The Morgan fingerprint density at radius 3 is 2.38 bits per heavy atom. The van der Waals surface area contributed by atoms with E-state index >= 15 is 0 Å². The molecule has 0 aliphatic heterocycles. The van der Waals surface area contributed by atoms with Crippen LogP contribution in [0.4, 0.5) is 0 Å². The topological polar surface area (TPSA) is 34.1 Å². The van der Waals surface area contributed by atoms with E-state index in [1.54, 1.807) is 0 Å². The van der Waals surface area contributed by atoms with Crippen LogP contribution in [0.1, 0.15) is 43.8 Å². The van der Waals surface area contributed by atoms with Gasteiger partial charge < -0.3 is 10.1 Å². The van der Waals surface area contributed by atoms with Crippen LogP contribution in [0.5, 0.6) is 0 Å². The smallest absolute Gasteiger partial charge is 0.0896 e. The Morgan fingerprint density at radius 2 is 1.67 bits per heavy atom. The summed E-state index contributed by atoms with van der Waals surface area (Å²) in [7, 11) is 0. The van der Waals surface area contributed by atoms with Gasteiger partial charge in [0, 0.05) is 12.6 Å². The van der Waals surface area contributed by atoms with Gasteiger partial charge in [-0.05, 0) is 24.6 Å². The third-order valence-electron chi connectivity index (χ3n) is 3.31. The first-order valence-corrected chi connectivity index (χ1v) is 7.50. The first-order chi connectivity index (χ1) is 10.1. The van der Waals surface area contributed by atoms with Gasteiger partial charge in [-0.1, -0.05) is 50.2 Å². The first-order valence-electron chi connectivity index (χ1n) is 7.50. The molecule has 0 saturated carbocycles. The zero-order valence-corrected chi connectivity index (χ0v) is 13.0. The Kier molecular flexibility index (Phi) is 5.90. The average molecular weight is 284 g/mol. The Morgan fingerprint density at radius 1 is 0.952 bits per heavy atom. The molecule has 0 saturated heterocycles. The highest BCUT2D eigenvalue weighted by Crippen LogP contribution is 2.17. The van der Waals surface area contributed by atoms with Gasteiger partial charge in [0.2, 0.25) is 0 Å². The number of pyridine rings is 1. The Hall–Kier alpha value is -1.71. The standard InChI is InChI=1S/C18H24N2O/c1-14(2)19-12-17-10-7-11-18(20-17)13-21-15(3)16-8-5-4-6-9-16/h4-11,14-15,19H,12-13H2,1-3H3. The van der Waals surface area contributed by atoms with E-state index in [9.17, 15) is 0 Å². The predicted octanol–water partition coefficient (Wildman–Crippen LogP) is 3.86. The number of benzene rings is 1. The van der Waals surface area contributed by atoms with Crippen LogP contribution >= 0.6 is 0 Å². The largest absolute Gasteiger partial charge is 0.368 e. The van der Waals surface area contributed by atoms with Crippen molar-refractivity contribution in [2.45, 2.75) is 46.1 Å². The van der Waals surface area contributed by atoms with Gasteiger partial charge in [-0.2, -0.15) is 0 Å². The maximum atomic E-state index is 5.91. The molecule has 2 aromatic rings. The van der Waals surface area contributed by atoms with Gasteiger partial charge in [0.25, 0.3) is 0 Å². The van der Waals surface area contributed by atoms with Crippen LogP contribution in [0.3, 0.4) is 0 Å². The molecule has 21 heavy (non-hydrogen) atoms. The van der Waals surface area contributed by atoms with E-state index in [2.05, 4.69) is 43.2 Å². The molecule has 0 radical (unpaired) electrons. The van der Waals surface area contributed by atoms with Gasteiger partial charge >= 0.3 is 0 Å². The summed E-state index contributed by atoms with van der Waals surface area (Å²) < 4.78 is 5.91. The number of hydrogen-bond donors (Lipinski definition) is 1. The lowest BCUT2D eigenvalue weighted by molar-refractivity contribution is 0.0504. The molecular formula is C18H24N2O. The van der Waals surface area contributed by atoms with Gasteiger partial charge in [0.15, 0.2) is 0 Å². The normalized spacial score (nSPS) is 12.6. The molecule has 0 spiro atoms. The number of nitrogens with one attached hydrogen (secondary N) is 1. The van der Waals surface area contributed by atoms with Crippen molar-refractivity contribution in [3.8, 4) is 0 Å². The molecule has 1 N–H and O–H groups in total. The van der Waals surface area contributed by atoms with E-state index in [0.29, 0.717) is 12.6 Å². The highest BCUT2D eigenvalue weighted by Gasteiger charge is 2.06. The fourth-order valence-electron chi connectivity index (χ4n) is 2.05. The average Bonchev–Trinajstić information content (AvgIpc) is 2.52. The molecule has 0 fully saturated rings. The summed E-state index contributed by atoms with van der Waals surface area (Å²) in [5, 5.41) is 3.38. The third kappa shape index (κ3) is 5.29. The molecule has 0 aliphatic carbocycles. The van der Waals surface area contributed by atoms with E-state index in [4.69, 9.17) is 4.74 Å². The fourth-order valence-corrected chi connectivity index (χ4v) is 2.05. The SMILES string of the molecule is CC(C)NCc1cccc(COC(C)c2ccccc2)n1. The molecule has 0 amide bonds.